The van der Waals surface area contributed by atoms with Crippen LogP contribution in [0.1, 0.15) is 44.8 Å². The maximum atomic E-state index is 5.95. The van der Waals surface area contributed by atoms with E-state index >= 15 is 0 Å². The summed E-state index contributed by atoms with van der Waals surface area (Å²) in [4.78, 5) is 8.71. The molecule has 2 aliphatic heterocycles. The van der Waals surface area contributed by atoms with Crippen LogP contribution >= 0.6 is 0 Å². The summed E-state index contributed by atoms with van der Waals surface area (Å²) < 4.78 is 8.15. The SMILES string of the molecule is CC(C)[C@@H]1OCCC[C@H]1Nc1cc(NCc2nnc3n2CCC3)ncn1. The molecule has 0 radical (unpaired) electrons. The molecule has 26 heavy (non-hydrogen) atoms. The zero-order chi connectivity index (χ0) is 17.9. The first-order valence-corrected chi connectivity index (χ1v) is 9.55. The highest BCUT2D eigenvalue weighted by molar-refractivity contribution is 5.47. The van der Waals surface area contributed by atoms with E-state index in [0.29, 0.717) is 12.5 Å². The van der Waals surface area contributed by atoms with Gasteiger partial charge in [-0.1, -0.05) is 13.8 Å². The molecule has 140 valence electrons. The number of ether oxygens (including phenoxy) is 1. The number of hydrogen-bond acceptors (Lipinski definition) is 7. The van der Waals surface area contributed by atoms with Crippen LogP contribution in [-0.2, 0) is 24.2 Å². The lowest BCUT2D eigenvalue weighted by Crippen LogP contribution is -2.43. The number of anilines is 2. The molecule has 0 spiro atoms. The molecule has 0 aromatic carbocycles. The van der Waals surface area contributed by atoms with Gasteiger partial charge in [0.1, 0.15) is 23.8 Å². The fraction of sp³-hybridized carbons (Fsp3) is 0.667. The van der Waals surface area contributed by atoms with E-state index < -0.39 is 0 Å². The topological polar surface area (TPSA) is 89.8 Å². The molecule has 8 nitrogen and oxygen atoms in total. The summed E-state index contributed by atoms with van der Waals surface area (Å²) in [6, 6.07) is 2.24. The van der Waals surface area contributed by atoms with Crippen molar-refractivity contribution in [2.75, 3.05) is 17.2 Å². The quantitative estimate of drug-likeness (QED) is 0.819. The van der Waals surface area contributed by atoms with Crippen LogP contribution in [0, 0.1) is 5.92 Å². The molecule has 4 rings (SSSR count). The van der Waals surface area contributed by atoms with E-state index in [0.717, 1.165) is 62.1 Å². The highest BCUT2D eigenvalue weighted by atomic mass is 16.5. The van der Waals surface area contributed by atoms with Crippen molar-refractivity contribution in [1.29, 1.82) is 0 Å². The lowest BCUT2D eigenvalue weighted by molar-refractivity contribution is -0.0203. The number of rotatable bonds is 6. The number of aryl methyl sites for hydroxylation is 1. The molecule has 0 aliphatic carbocycles. The van der Waals surface area contributed by atoms with E-state index in [2.05, 4.69) is 49.2 Å². The Morgan fingerprint density at radius 3 is 3.00 bits per heavy atom. The number of fused-ring (bicyclic) bond motifs is 1. The Morgan fingerprint density at radius 1 is 1.23 bits per heavy atom. The predicted molar refractivity (Wildman–Crippen MR) is 98.9 cm³/mol. The van der Waals surface area contributed by atoms with Gasteiger partial charge in [-0.15, -0.1) is 10.2 Å². The van der Waals surface area contributed by atoms with Gasteiger partial charge in [0.25, 0.3) is 0 Å². The highest BCUT2D eigenvalue weighted by Gasteiger charge is 2.28. The summed E-state index contributed by atoms with van der Waals surface area (Å²) in [6.07, 6.45) is 6.16. The average Bonchev–Trinajstić information content (AvgIpc) is 3.25. The second-order valence-electron chi connectivity index (χ2n) is 7.40. The maximum Gasteiger partial charge on any atom is 0.152 e. The molecule has 2 atom stereocenters. The first kappa shape index (κ1) is 17.2. The van der Waals surface area contributed by atoms with Crippen molar-refractivity contribution < 1.29 is 4.74 Å². The van der Waals surface area contributed by atoms with Crippen LogP contribution in [0.3, 0.4) is 0 Å². The predicted octanol–water partition coefficient (Wildman–Crippen LogP) is 2.24. The second-order valence-corrected chi connectivity index (χ2v) is 7.40. The Morgan fingerprint density at radius 2 is 2.12 bits per heavy atom. The minimum atomic E-state index is 0.216. The zero-order valence-corrected chi connectivity index (χ0v) is 15.5. The van der Waals surface area contributed by atoms with Crippen molar-refractivity contribution in [3.63, 3.8) is 0 Å². The zero-order valence-electron chi connectivity index (χ0n) is 15.5. The summed E-state index contributed by atoms with van der Waals surface area (Å²) in [5, 5.41) is 15.4. The van der Waals surface area contributed by atoms with E-state index in [1.165, 1.54) is 0 Å². The van der Waals surface area contributed by atoms with E-state index in [9.17, 15) is 0 Å². The van der Waals surface area contributed by atoms with Gasteiger partial charge in [0.2, 0.25) is 0 Å². The highest BCUT2D eigenvalue weighted by Crippen LogP contribution is 2.24. The molecule has 2 aromatic heterocycles. The smallest absolute Gasteiger partial charge is 0.152 e. The van der Waals surface area contributed by atoms with Crippen molar-refractivity contribution in [2.24, 2.45) is 5.92 Å². The Kier molecular flexibility index (Phi) is 5.01. The molecule has 2 aromatic rings. The molecule has 0 unspecified atom stereocenters. The van der Waals surface area contributed by atoms with Crippen molar-refractivity contribution in [2.45, 2.75) is 64.8 Å². The van der Waals surface area contributed by atoms with Crippen LogP contribution < -0.4 is 10.6 Å². The van der Waals surface area contributed by atoms with E-state index in [-0.39, 0.29) is 12.1 Å². The van der Waals surface area contributed by atoms with Crippen molar-refractivity contribution in [1.82, 2.24) is 24.7 Å². The third kappa shape index (κ3) is 3.65. The van der Waals surface area contributed by atoms with Crippen LogP contribution in [0.25, 0.3) is 0 Å². The molecule has 4 heterocycles. The van der Waals surface area contributed by atoms with Crippen molar-refractivity contribution >= 4 is 11.6 Å². The standard InChI is InChI=1S/C18H27N7O/c1-12(2)18-13(5-4-8-26-18)22-15-9-14(20-11-21-15)19-10-17-24-23-16-6-3-7-25(16)17/h9,11-13,18H,3-8,10H2,1-2H3,(H2,19,20,21,22)/t13-,18+/m1/s1. The van der Waals surface area contributed by atoms with Gasteiger partial charge < -0.3 is 19.9 Å². The fourth-order valence-electron chi connectivity index (χ4n) is 3.85. The molecule has 0 amide bonds. The van der Waals surface area contributed by atoms with Crippen molar-refractivity contribution in [3.8, 4) is 0 Å². The Labute approximate surface area is 153 Å². The Bertz CT molecular complexity index is 745. The van der Waals surface area contributed by atoms with Gasteiger partial charge in [-0.2, -0.15) is 0 Å². The maximum absolute atomic E-state index is 5.95. The second kappa shape index (κ2) is 7.57. The molecular formula is C18H27N7O. The number of hydrogen-bond donors (Lipinski definition) is 2. The first-order chi connectivity index (χ1) is 12.7. The van der Waals surface area contributed by atoms with Crippen LogP contribution in [0.5, 0.6) is 0 Å². The van der Waals surface area contributed by atoms with Gasteiger partial charge in [0, 0.05) is 25.6 Å². The van der Waals surface area contributed by atoms with Crippen LogP contribution in [-0.4, -0.2) is 43.5 Å². The lowest BCUT2D eigenvalue weighted by atomic mass is 9.94. The minimum Gasteiger partial charge on any atom is -0.376 e. The van der Waals surface area contributed by atoms with Crippen LogP contribution in [0.4, 0.5) is 11.6 Å². The first-order valence-electron chi connectivity index (χ1n) is 9.55. The summed E-state index contributed by atoms with van der Waals surface area (Å²) >= 11 is 0. The lowest BCUT2D eigenvalue weighted by Gasteiger charge is -2.35. The number of aromatic nitrogens is 5. The molecule has 1 fully saturated rings. The Hall–Kier alpha value is -2.22. The van der Waals surface area contributed by atoms with Gasteiger partial charge in [-0.3, -0.25) is 0 Å². The van der Waals surface area contributed by atoms with E-state index in [1.807, 2.05) is 6.07 Å². The largest absolute Gasteiger partial charge is 0.376 e. The molecule has 2 aliphatic rings. The third-order valence-corrected chi connectivity index (χ3v) is 5.14. The molecular weight excluding hydrogens is 330 g/mol. The normalized spacial score (nSPS) is 22.4. The van der Waals surface area contributed by atoms with Gasteiger partial charge in [-0.25, -0.2) is 9.97 Å². The molecule has 0 bridgehead atoms. The summed E-state index contributed by atoms with van der Waals surface area (Å²) in [5.74, 6) is 4.14. The van der Waals surface area contributed by atoms with Gasteiger partial charge in [0.05, 0.1) is 18.7 Å². The van der Waals surface area contributed by atoms with Gasteiger partial charge >= 0.3 is 0 Å². The molecule has 1 saturated heterocycles. The average molecular weight is 357 g/mol. The van der Waals surface area contributed by atoms with Crippen LogP contribution in [0.2, 0.25) is 0 Å². The fourth-order valence-corrected chi connectivity index (χ4v) is 3.85. The molecule has 2 N–H and O–H groups in total. The third-order valence-electron chi connectivity index (χ3n) is 5.14. The minimum absolute atomic E-state index is 0.216. The molecule has 8 heteroatoms. The number of nitrogens with zero attached hydrogens (tertiary/aromatic N) is 5. The van der Waals surface area contributed by atoms with Crippen LogP contribution in [0.15, 0.2) is 12.4 Å². The Balaban J connectivity index is 1.40. The van der Waals surface area contributed by atoms with Crippen molar-refractivity contribution in [3.05, 3.63) is 24.0 Å². The summed E-state index contributed by atoms with van der Waals surface area (Å²) in [6.45, 7) is 6.88. The summed E-state index contributed by atoms with van der Waals surface area (Å²) in [7, 11) is 0. The number of nitrogens with one attached hydrogen (secondary N) is 2. The summed E-state index contributed by atoms with van der Waals surface area (Å²) in [5.41, 5.74) is 0. The van der Waals surface area contributed by atoms with Gasteiger partial charge in [0.15, 0.2) is 5.82 Å². The van der Waals surface area contributed by atoms with E-state index in [1.54, 1.807) is 6.33 Å². The molecule has 0 saturated carbocycles. The monoisotopic (exact) mass is 357 g/mol. The van der Waals surface area contributed by atoms with E-state index in [4.69, 9.17) is 4.74 Å². The van der Waals surface area contributed by atoms with Gasteiger partial charge in [-0.05, 0) is 25.2 Å².